The van der Waals surface area contributed by atoms with Crippen LogP contribution in [-0.2, 0) is 11.2 Å². The normalized spacial score (nSPS) is 10.3. The number of aromatic nitrogens is 3. The SMILES string of the molecule is Cc1nc(CCC(=O)O)nc(-c2ccccc2)n1. The fourth-order valence-corrected chi connectivity index (χ4v) is 1.58. The van der Waals surface area contributed by atoms with Crippen LogP contribution in [0.1, 0.15) is 18.1 Å². The van der Waals surface area contributed by atoms with E-state index in [0.29, 0.717) is 23.9 Å². The van der Waals surface area contributed by atoms with Crippen LogP contribution in [0.15, 0.2) is 30.3 Å². The maximum atomic E-state index is 10.5. The highest BCUT2D eigenvalue weighted by atomic mass is 16.4. The Bertz CT molecular complexity index is 555. The molecule has 0 radical (unpaired) electrons. The molecule has 0 saturated heterocycles. The number of carboxylic acids is 1. The minimum atomic E-state index is -0.852. The minimum absolute atomic E-state index is 0.0255. The van der Waals surface area contributed by atoms with Crippen molar-refractivity contribution in [3.63, 3.8) is 0 Å². The summed E-state index contributed by atoms with van der Waals surface area (Å²) in [6, 6.07) is 9.56. The van der Waals surface area contributed by atoms with Gasteiger partial charge in [0.1, 0.15) is 11.6 Å². The van der Waals surface area contributed by atoms with E-state index in [1.807, 2.05) is 30.3 Å². The van der Waals surface area contributed by atoms with Crippen LogP contribution >= 0.6 is 0 Å². The summed E-state index contributed by atoms with van der Waals surface area (Å²) in [5.41, 5.74) is 0.902. The van der Waals surface area contributed by atoms with Gasteiger partial charge in [0, 0.05) is 12.0 Å². The number of aryl methyl sites for hydroxylation is 2. The van der Waals surface area contributed by atoms with Gasteiger partial charge < -0.3 is 5.11 Å². The third-order valence-corrected chi connectivity index (χ3v) is 2.39. The average molecular weight is 243 g/mol. The molecule has 92 valence electrons. The van der Waals surface area contributed by atoms with Crippen molar-refractivity contribution in [1.29, 1.82) is 0 Å². The summed E-state index contributed by atoms with van der Waals surface area (Å²) in [5, 5.41) is 8.66. The largest absolute Gasteiger partial charge is 0.481 e. The molecule has 0 fully saturated rings. The van der Waals surface area contributed by atoms with Gasteiger partial charge in [0.15, 0.2) is 5.82 Å². The van der Waals surface area contributed by atoms with Gasteiger partial charge in [-0.25, -0.2) is 15.0 Å². The second kappa shape index (κ2) is 5.35. The first-order valence-corrected chi connectivity index (χ1v) is 5.64. The molecule has 1 aromatic heterocycles. The van der Waals surface area contributed by atoms with E-state index in [-0.39, 0.29) is 6.42 Å². The van der Waals surface area contributed by atoms with Crippen molar-refractivity contribution in [2.24, 2.45) is 0 Å². The van der Waals surface area contributed by atoms with Crippen molar-refractivity contribution in [1.82, 2.24) is 15.0 Å². The van der Waals surface area contributed by atoms with E-state index in [9.17, 15) is 4.79 Å². The van der Waals surface area contributed by atoms with Crippen molar-refractivity contribution >= 4 is 5.97 Å². The molecular weight excluding hydrogens is 230 g/mol. The van der Waals surface area contributed by atoms with Crippen molar-refractivity contribution in [3.05, 3.63) is 42.0 Å². The second-order valence-electron chi connectivity index (χ2n) is 3.88. The van der Waals surface area contributed by atoms with Gasteiger partial charge in [-0.3, -0.25) is 4.79 Å². The van der Waals surface area contributed by atoms with Gasteiger partial charge in [-0.05, 0) is 6.92 Å². The predicted octanol–water partition coefficient (Wildman–Crippen LogP) is 1.86. The number of carbonyl (C=O) groups is 1. The van der Waals surface area contributed by atoms with E-state index in [1.165, 1.54) is 0 Å². The van der Waals surface area contributed by atoms with E-state index >= 15 is 0 Å². The molecule has 0 unspecified atom stereocenters. The second-order valence-corrected chi connectivity index (χ2v) is 3.88. The van der Waals surface area contributed by atoms with Crippen LogP contribution in [0.2, 0.25) is 0 Å². The fraction of sp³-hybridized carbons (Fsp3) is 0.231. The summed E-state index contributed by atoms with van der Waals surface area (Å²) in [6.07, 6.45) is 0.343. The average Bonchev–Trinajstić information content (AvgIpc) is 2.37. The highest BCUT2D eigenvalue weighted by molar-refractivity contribution is 5.66. The molecule has 18 heavy (non-hydrogen) atoms. The lowest BCUT2D eigenvalue weighted by Crippen LogP contribution is -2.05. The van der Waals surface area contributed by atoms with Crippen LogP contribution in [0, 0.1) is 6.92 Å². The Hall–Kier alpha value is -2.30. The van der Waals surface area contributed by atoms with E-state index in [0.717, 1.165) is 5.56 Å². The van der Waals surface area contributed by atoms with Crippen LogP contribution in [-0.4, -0.2) is 26.0 Å². The zero-order valence-electron chi connectivity index (χ0n) is 10.00. The maximum absolute atomic E-state index is 10.5. The number of rotatable bonds is 4. The molecule has 5 nitrogen and oxygen atoms in total. The molecule has 0 aliphatic carbocycles. The Morgan fingerprint density at radius 2 is 1.89 bits per heavy atom. The number of aliphatic carboxylic acids is 1. The van der Waals surface area contributed by atoms with E-state index in [4.69, 9.17) is 5.11 Å². The van der Waals surface area contributed by atoms with Crippen LogP contribution in [0.4, 0.5) is 0 Å². The Kier molecular flexibility index (Phi) is 3.62. The Morgan fingerprint density at radius 3 is 2.56 bits per heavy atom. The van der Waals surface area contributed by atoms with Gasteiger partial charge in [0.25, 0.3) is 0 Å². The highest BCUT2D eigenvalue weighted by Crippen LogP contribution is 2.14. The first-order chi connectivity index (χ1) is 8.65. The molecule has 0 spiro atoms. The van der Waals surface area contributed by atoms with Crippen molar-refractivity contribution in [2.75, 3.05) is 0 Å². The van der Waals surface area contributed by atoms with Crippen molar-refractivity contribution in [2.45, 2.75) is 19.8 Å². The third kappa shape index (κ3) is 3.10. The first kappa shape index (κ1) is 12.2. The number of carboxylic acid groups (broad SMARTS) is 1. The van der Waals surface area contributed by atoms with Crippen molar-refractivity contribution in [3.8, 4) is 11.4 Å². The molecule has 0 atom stereocenters. The summed E-state index contributed by atoms with van der Waals surface area (Å²) in [6.45, 7) is 1.78. The third-order valence-electron chi connectivity index (χ3n) is 2.39. The molecule has 1 heterocycles. The zero-order chi connectivity index (χ0) is 13.0. The van der Waals surface area contributed by atoms with Crippen LogP contribution in [0.25, 0.3) is 11.4 Å². The monoisotopic (exact) mass is 243 g/mol. The molecule has 0 aliphatic rings. The minimum Gasteiger partial charge on any atom is -0.481 e. The topological polar surface area (TPSA) is 76.0 Å². The lowest BCUT2D eigenvalue weighted by atomic mass is 10.2. The quantitative estimate of drug-likeness (QED) is 0.887. The highest BCUT2D eigenvalue weighted by Gasteiger charge is 2.07. The van der Waals surface area contributed by atoms with Gasteiger partial charge in [-0.2, -0.15) is 0 Å². The lowest BCUT2D eigenvalue weighted by Gasteiger charge is -2.04. The number of nitrogens with zero attached hydrogens (tertiary/aromatic N) is 3. The van der Waals surface area contributed by atoms with Crippen LogP contribution < -0.4 is 0 Å². The fourth-order valence-electron chi connectivity index (χ4n) is 1.58. The lowest BCUT2D eigenvalue weighted by molar-refractivity contribution is -0.137. The molecule has 5 heteroatoms. The van der Waals surface area contributed by atoms with E-state index in [2.05, 4.69) is 15.0 Å². The van der Waals surface area contributed by atoms with E-state index in [1.54, 1.807) is 6.92 Å². The molecule has 1 N–H and O–H groups in total. The summed E-state index contributed by atoms with van der Waals surface area (Å²) >= 11 is 0. The molecule has 0 bridgehead atoms. The molecule has 2 aromatic rings. The van der Waals surface area contributed by atoms with Crippen LogP contribution in [0.3, 0.4) is 0 Å². The Morgan fingerprint density at radius 1 is 1.17 bits per heavy atom. The zero-order valence-corrected chi connectivity index (χ0v) is 10.00. The van der Waals surface area contributed by atoms with Gasteiger partial charge in [0.05, 0.1) is 6.42 Å². The molecule has 2 rings (SSSR count). The summed E-state index contributed by atoms with van der Waals surface area (Å²) < 4.78 is 0. The molecule has 0 aliphatic heterocycles. The molecule has 1 aromatic carbocycles. The van der Waals surface area contributed by atoms with E-state index < -0.39 is 5.97 Å². The summed E-state index contributed by atoms with van der Waals surface area (Å²) in [4.78, 5) is 23.2. The summed E-state index contributed by atoms with van der Waals surface area (Å²) in [5.74, 6) is 0.853. The standard InChI is InChI=1S/C13H13N3O2/c1-9-14-11(7-8-12(17)18)16-13(15-9)10-5-3-2-4-6-10/h2-6H,7-8H2,1H3,(H,17,18). The molecule has 0 saturated carbocycles. The number of benzene rings is 1. The molecule has 0 amide bonds. The van der Waals surface area contributed by atoms with Gasteiger partial charge in [0.2, 0.25) is 0 Å². The molecular formula is C13H13N3O2. The van der Waals surface area contributed by atoms with Gasteiger partial charge >= 0.3 is 5.97 Å². The predicted molar refractivity (Wildman–Crippen MR) is 66.0 cm³/mol. The van der Waals surface area contributed by atoms with Gasteiger partial charge in [-0.1, -0.05) is 30.3 Å². The van der Waals surface area contributed by atoms with Crippen molar-refractivity contribution < 1.29 is 9.90 Å². The van der Waals surface area contributed by atoms with Gasteiger partial charge in [-0.15, -0.1) is 0 Å². The van der Waals surface area contributed by atoms with Crippen LogP contribution in [0.5, 0.6) is 0 Å². The Balaban J connectivity index is 2.29. The maximum Gasteiger partial charge on any atom is 0.303 e. The first-order valence-electron chi connectivity index (χ1n) is 5.64. The smallest absolute Gasteiger partial charge is 0.303 e. The number of hydrogen-bond donors (Lipinski definition) is 1. The number of hydrogen-bond acceptors (Lipinski definition) is 4. The Labute approximate surface area is 105 Å². The summed E-state index contributed by atoms with van der Waals surface area (Å²) in [7, 11) is 0.